The summed E-state index contributed by atoms with van der Waals surface area (Å²) in [6.45, 7) is 6.62. The van der Waals surface area contributed by atoms with E-state index in [1.54, 1.807) is 0 Å². The molecule has 0 aliphatic heterocycles. The van der Waals surface area contributed by atoms with E-state index in [0.29, 0.717) is 19.3 Å². The predicted octanol–water partition coefficient (Wildman–Crippen LogP) is 22.5. The highest BCUT2D eigenvalue weighted by atomic mass is 16.6. The minimum atomic E-state index is -0.784. The monoisotopic (exact) mass is 1060 g/mol. The van der Waals surface area contributed by atoms with E-state index in [0.717, 1.165) is 83.5 Å². The Bertz CT molecular complexity index is 1400. The van der Waals surface area contributed by atoms with Crippen LogP contribution in [0.5, 0.6) is 0 Å². The van der Waals surface area contributed by atoms with Crippen molar-refractivity contribution in [3.63, 3.8) is 0 Å². The molecule has 76 heavy (non-hydrogen) atoms. The largest absolute Gasteiger partial charge is 0.462 e. The Labute approximate surface area is 472 Å². The molecule has 0 aliphatic rings. The number of rotatable bonds is 60. The molecule has 0 fully saturated rings. The second-order valence-corrected chi connectivity index (χ2v) is 22.0. The lowest BCUT2D eigenvalue weighted by molar-refractivity contribution is -0.167. The van der Waals surface area contributed by atoms with Gasteiger partial charge < -0.3 is 14.2 Å². The quantitative estimate of drug-likeness (QED) is 0.0261. The Morgan fingerprint density at radius 3 is 0.776 bits per heavy atom. The van der Waals surface area contributed by atoms with Crippen LogP contribution in [-0.2, 0) is 28.6 Å². The second kappa shape index (κ2) is 64.4. The molecule has 1 atom stereocenters. The minimum absolute atomic E-state index is 0.0803. The Morgan fingerprint density at radius 2 is 0.474 bits per heavy atom. The molecule has 0 amide bonds. The van der Waals surface area contributed by atoms with Crippen LogP contribution >= 0.6 is 0 Å². The zero-order valence-electron chi connectivity index (χ0n) is 50.5. The van der Waals surface area contributed by atoms with Gasteiger partial charge in [0.25, 0.3) is 0 Å². The van der Waals surface area contributed by atoms with Crippen molar-refractivity contribution < 1.29 is 28.6 Å². The summed E-state index contributed by atoms with van der Waals surface area (Å²) in [7, 11) is 0. The molecule has 0 N–H and O–H groups in total. The van der Waals surface area contributed by atoms with E-state index in [2.05, 4.69) is 93.7 Å². The Hall–Kier alpha value is -3.15. The molecule has 1 unspecified atom stereocenters. The Balaban J connectivity index is 4.33. The summed E-state index contributed by atoms with van der Waals surface area (Å²) in [4.78, 5) is 38.3. The van der Waals surface area contributed by atoms with E-state index >= 15 is 0 Å². The third-order valence-corrected chi connectivity index (χ3v) is 14.4. The van der Waals surface area contributed by atoms with E-state index < -0.39 is 6.10 Å². The van der Waals surface area contributed by atoms with Crippen molar-refractivity contribution in [2.24, 2.45) is 0 Å². The molecule has 0 aromatic heterocycles. The molecular weight excluding hydrogens is 937 g/mol. The van der Waals surface area contributed by atoms with Gasteiger partial charge in [0, 0.05) is 19.3 Å². The summed E-state index contributed by atoms with van der Waals surface area (Å²) >= 11 is 0. The average Bonchev–Trinajstić information content (AvgIpc) is 3.42. The summed E-state index contributed by atoms with van der Waals surface area (Å²) < 4.78 is 16.9. The van der Waals surface area contributed by atoms with E-state index in [9.17, 15) is 14.4 Å². The number of unbranched alkanes of at least 4 members (excludes halogenated alkanes) is 37. The summed E-state index contributed by atoms with van der Waals surface area (Å²) in [5, 5.41) is 0. The highest BCUT2D eigenvalue weighted by Crippen LogP contribution is 2.16. The first-order chi connectivity index (χ1) is 37.5. The van der Waals surface area contributed by atoms with Gasteiger partial charge in [-0.1, -0.05) is 273 Å². The van der Waals surface area contributed by atoms with Crippen molar-refractivity contribution in [2.45, 2.75) is 341 Å². The molecule has 0 radical (unpaired) electrons. The zero-order chi connectivity index (χ0) is 55.0. The number of esters is 3. The van der Waals surface area contributed by atoms with Crippen LogP contribution in [0.15, 0.2) is 72.9 Å². The molecule has 0 spiro atoms. The highest BCUT2D eigenvalue weighted by molar-refractivity contribution is 5.71. The van der Waals surface area contributed by atoms with Gasteiger partial charge in [0.15, 0.2) is 6.10 Å². The van der Waals surface area contributed by atoms with Crippen LogP contribution in [-0.4, -0.2) is 37.2 Å². The van der Waals surface area contributed by atoms with Crippen molar-refractivity contribution in [2.75, 3.05) is 13.2 Å². The fourth-order valence-electron chi connectivity index (χ4n) is 9.42. The van der Waals surface area contributed by atoms with Crippen molar-refractivity contribution in [3.8, 4) is 0 Å². The lowest BCUT2D eigenvalue weighted by atomic mass is 10.0. The minimum Gasteiger partial charge on any atom is -0.462 e. The van der Waals surface area contributed by atoms with Crippen LogP contribution in [0.3, 0.4) is 0 Å². The van der Waals surface area contributed by atoms with E-state index in [4.69, 9.17) is 14.2 Å². The molecular formula is C70H124O6. The van der Waals surface area contributed by atoms with E-state index in [-0.39, 0.29) is 31.1 Å². The first kappa shape index (κ1) is 72.8. The number of carbonyl (C=O) groups excluding carboxylic acids is 3. The van der Waals surface area contributed by atoms with Crippen molar-refractivity contribution in [1.82, 2.24) is 0 Å². The van der Waals surface area contributed by atoms with Crippen molar-refractivity contribution >= 4 is 17.9 Å². The van der Waals surface area contributed by atoms with Gasteiger partial charge in [-0.25, -0.2) is 0 Å². The Kier molecular flexibility index (Phi) is 61.7. The fourth-order valence-corrected chi connectivity index (χ4v) is 9.42. The van der Waals surface area contributed by atoms with Gasteiger partial charge in [0.2, 0.25) is 0 Å². The third-order valence-electron chi connectivity index (χ3n) is 14.4. The average molecular weight is 1060 g/mol. The molecule has 0 aromatic rings. The van der Waals surface area contributed by atoms with Crippen LogP contribution < -0.4 is 0 Å². The number of hydrogen-bond donors (Lipinski definition) is 0. The maximum Gasteiger partial charge on any atom is 0.306 e. The van der Waals surface area contributed by atoms with Crippen molar-refractivity contribution in [1.29, 1.82) is 0 Å². The fraction of sp³-hybridized carbons (Fsp3) is 0.786. The summed E-state index contributed by atoms with van der Waals surface area (Å²) in [6.07, 6.45) is 83.3. The summed E-state index contributed by atoms with van der Waals surface area (Å²) in [6, 6.07) is 0. The van der Waals surface area contributed by atoms with Crippen LogP contribution in [0.2, 0.25) is 0 Å². The smallest absolute Gasteiger partial charge is 0.306 e. The maximum atomic E-state index is 12.9. The molecule has 0 aromatic carbocycles. The van der Waals surface area contributed by atoms with Crippen LogP contribution in [0, 0.1) is 0 Å². The molecule has 440 valence electrons. The predicted molar refractivity (Wildman–Crippen MR) is 330 cm³/mol. The lowest BCUT2D eigenvalue weighted by Gasteiger charge is -2.18. The first-order valence-corrected chi connectivity index (χ1v) is 32.9. The van der Waals surface area contributed by atoms with Gasteiger partial charge in [-0.15, -0.1) is 0 Å². The second-order valence-electron chi connectivity index (χ2n) is 22.0. The number of hydrogen-bond acceptors (Lipinski definition) is 6. The van der Waals surface area contributed by atoms with Gasteiger partial charge in [-0.3, -0.25) is 14.4 Å². The van der Waals surface area contributed by atoms with E-state index in [1.807, 2.05) is 0 Å². The lowest BCUT2D eigenvalue weighted by Crippen LogP contribution is -2.30. The first-order valence-electron chi connectivity index (χ1n) is 32.9. The molecule has 0 aliphatic carbocycles. The summed E-state index contributed by atoms with van der Waals surface area (Å²) in [5.41, 5.74) is 0. The Morgan fingerprint density at radius 1 is 0.263 bits per heavy atom. The molecule has 6 heteroatoms. The molecule has 6 nitrogen and oxygen atoms in total. The SMILES string of the molecule is CCCCC/C=C\C/C=C\CCCCCCCCCCCC(=O)OC(COC(=O)CCCCCCC/C=C\CCCCCCC)COC(=O)CCCCCCCCCCCC/C=C\C/C=C\C/C=C\CCCCCCC. The molecule has 0 saturated carbocycles. The van der Waals surface area contributed by atoms with E-state index in [1.165, 1.54) is 212 Å². The van der Waals surface area contributed by atoms with Gasteiger partial charge in [0.1, 0.15) is 13.2 Å². The number of allylic oxidation sites excluding steroid dienone is 12. The third kappa shape index (κ3) is 61.7. The van der Waals surface area contributed by atoms with Crippen LogP contribution in [0.4, 0.5) is 0 Å². The topological polar surface area (TPSA) is 78.9 Å². The zero-order valence-corrected chi connectivity index (χ0v) is 50.5. The van der Waals surface area contributed by atoms with Crippen LogP contribution in [0.1, 0.15) is 335 Å². The van der Waals surface area contributed by atoms with Gasteiger partial charge in [0.05, 0.1) is 0 Å². The molecule has 0 heterocycles. The molecule has 0 bridgehead atoms. The molecule has 0 saturated heterocycles. The number of carbonyl (C=O) groups is 3. The number of ether oxygens (including phenoxy) is 3. The normalized spacial score (nSPS) is 12.5. The maximum absolute atomic E-state index is 12.9. The van der Waals surface area contributed by atoms with Crippen LogP contribution in [0.25, 0.3) is 0 Å². The standard InChI is InChI=1S/C70H124O6/c1-4-7-10-13-16-19-22-25-28-30-32-33-34-35-36-37-39-40-42-45-48-51-54-57-60-63-69(72)75-66-67(65-74-68(71)62-59-56-53-50-47-44-27-24-21-18-15-12-9-6-3)76-70(73)64-61-58-55-52-49-46-43-41-38-31-29-26-23-20-17-14-11-8-5-2/h17,20,22,24-27,29-30,32,34-35,67H,4-16,18-19,21,23,28,31,33,36-66H2,1-3H3/b20-17-,25-22-,27-24-,29-26-,32-30-,35-34-. The summed E-state index contributed by atoms with van der Waals surface area (Å²) in [5.74, 6) is -0.882. The van der Waals surface area contributed by atoms with Crippen molar-refractivity contribution in [3.05, 3.63) is 72.9 Å². The molecule has 0 rings (SSSR count). The highest BCUT2D eigenvalue weighted by Gasteiger charge is 2.19. The van der Waals surface area contributed by atoms with Gasteiger partial charge >= 0.3 is 17.9 Å². The van der Waals surface area contributed by atoms with Gasteiger partial charge in [-0.2, -0.15) is 0 Å². The van der Waals surface area contributed by atoms with Gasteiger partial charge in [-0.05, 0) is 116 Å².